The summed E-state index contributed by atoms with van der Waals surface area (Å²) in [4.78, 5) is 0. The van der Waals surface area contributed by atoms with Crippen LogP contribution in [0.3, 0.4) is 0 Å². The quantitative estimate of drug-likeness (QED) is 0.827. The number of hydrogen-bond donors (Lipinski definition) is 1. The topological polar surface area (TPSA) is 59.0 Å². The zero-order valence-corrected chi connectivity index (χ0v) is 9.78. The minimum absolute atomic E-state index is 0. The molecule has 0 radical (unpaired) electrons. The van der Waals surface area contributed by atoms with Gasteiger partial charge in [-0.3, -0.25) is 0 Å². The van der Waals surface area contributed by atoms with Gasteiger partial charge in [0.1, 0.15) is 11.5 Å². The molecule has 0 aliphatic rings. The molecule has 86 valence electrons. The van der Waals surface area contributed by atoms with Crippen molar-refractivity contribution in [2.75, 3.05) is 5.73 Å². The van der Waals surface area contributed by atoms with E-state index in [-0.39, 0.29) is 12.4 Å². The highest BCUT2D eigenvalue weighted by molar-refractivity contribution is 5.85. The number of nitrogens with two attached hydrogens (primary N) is 1. The van der Waals surface area contributed by atoms with Crippen LogP contribution >= 0.6 is 12.4 Å². The second-order valence-electron chi connectivity index (χ2n) is 3.28. The molecule has 0 aliphatic carbocycles. The third-order valence-electron chi connectivity index (χ3n) is 2.11. The SMILES string of the molecule is Cl.N#Cc1cccc(Oc2ccccc2N)c1. The van der Waals surface area contributed by atoms with Crippen molar-refractivity contribution in [3.8, 4) is 17.6 Å². The Morgan fingerprint density at radius 1 is 1.06 bits per heavy atom. The van der Waals surface area contributed by atoms with Crippen LogP contribution in [-0.4, -0.2) is 0 Å². The summed E-state index contributed by atoms with van der Waals surface area (Å²) >= 11 is 0. The highest BCUT2D eigenvalue weighted by atomic mass is 35.5. The molecule has 0 fully saturated rings. The second kappa shape index (κ2) is 5.78. The molecule has 0 aromatic heterocycles. The molecule has 0 atom stereocenters. The van der Waals surface area contributed by atoms with E-state index in [1.165, 1.54) is 0 Å². The molecular weight excluding hydrogens is 236 g/mol. The van der Waals surface area contributed by atoms with Gasteiger partial charge in [0, 0.05) is 0 Å². The molecule has 17 heavy (non-hydrogen) atoms. The normalized spacial score (nSPS) is 8.88. The van der Waals surface area contributed by atoms with E-state index in [1.54, 1.807) is 36.4 Å². The Balaban J connectivity index is 0.00000144. The van der Waals surface area contributed by atoms with Gasteiger partial charge in [0.05, 0.1) is 17.3 Å². The van der Waals surface area contributed by atoms with E-state index in [2.05, 4.69) is 6.07 Å². The standard InChI is InChI=1S/C13H10N2O.ClH/c14-9-10-4-3-5-11(8-10)16-13-7-2-1-6-12(13)15;/h1-8H,15H2;1H. The zero-order chi connectivity index (χ0) is 11.4. The van der Waals surface area contributed by atoms with E-state index < -0.39 is 0 Å². The van der Waals surface area contributed by atoms with Gasteiger partial charge in [-0.1, -0.05) is 18.2 Å². The smallest absolute Gasteiger partial charge is 0.150 e. The summed E-state index contributed by atoms with van der Waals surface area (Å²) in [5.74, 6) is 1.20. The van der Waals surface area contributed by atoms with Crippen molar-refractivity contribution < 1.29 is 4.74 Å². The Morgan fingerprint density at radius 3 is 2.53 bits per heavy atom. The van der Waals surface area contributed by atoms with Gasteiger partial charge in [0.15, 0.2) is 0 Å². The Bertz CT molecular complexity index is 549. The van der Waals surface area contributed by atoms with Gasteiger partial charge < -0.3 is 10.5 Å². The number of nitriles is 1. The first kappa shape index (κ1) is 12.9. The minimum Gasteiger partial charge on any atom is -0.455 e. The molecular formula is C13H11ClN2O. The van der Waals surface area contributed by atoms with Gasteiger partial charge in [-0.05, 0) is 30.3 Å². The van der Waals surface area contributed by atoms with Gasteiger partial charge in [-0.15, -0.1) is 12.4 Å². The number of ether oxygens (including phenoxy) is 1. The van der Waals surface area contributed by atoms with Crippen molar-refractivity contribution in [2.45, 2.75) is 0 Å². The van der Waals surface area contributed by atoms with Crippen LogP contribution in [0.1, 0.15) is 5.56 Å². The summed E-state index contributed by atoms with van der Waals surface area (Å²) < 4.78 is 5.58. The van der Waals surface area contributed by atoms with E-state index >= 15 is 0 Å². The van der Waals surface area contributed by atoms with Crippen LogP contribution < -0.4 is 10.5 Å². The van der Waals surface area contributed by atoms with Crippen LogP contribution in [0, 0.1) is 11.3 Å². The molecule has 0 bridgehead atoms. The fourth-order valence-electron chi connectivity index (χ4n) is 1.33. The van der Waals surface area contributed by atoms with Gasteiger partial charge in [0.25, 0.3) is 0 Å². The molecule has 3 nitrogen and oxygen atoms in total. The molecule has 2 aromatic rings. The van der Waals surface area contributed by atoms with Crippen molar-refractivity contribution in [1.29, 1.82) is 5.26 Å². The Labute approximate surface area is 106 Å². The Hall–Kier alpha value is -2.18. The summed E-state index contributed by atoms with van der Waals surface area (Å²) in [7, 11) is 0. The van der Waals surface area contributed by atoms with Crippen molar-refractivity contribution in [3.63, 3.8) is 0 Å². The number of nitrogens with zero attached hydrogens (tertiary/aromatic N) is 1. The van der Waals surface area contributed by atoms with Crippen LogP contribution in [0.25, 0.3) is 0 Å². The first-order chi connectivity index (χ1) is 7.79. The third-order valence-corrected chi connectivity index (χ3v) is 2.11. The highest BCUT2D eigenvalue weighted by Gasteiger charge is 2.01. The largest absolute Gasteiger partial charge is 0.455 e. The van der Waals surface area contributed by atoms with Crippen molar-refractivity contribution in [1.82, 2.24) is 0 Å². The number of rotatable bonds is 2. The molecule has 2 aromatic carbocycles. The summed E-state index contributed by atoms with van der Waals surface area (Å²) in [6.45, 7) is 0. The first-order valence-corrected chi connectivity index (χ1v) is 4.82. The maximum absolute atomic E-state index is 8.75. The van der Waals surface area contributed by atoms with E-state index in [4.69, 9.17) is 15.7 Å². The van der Waals surface area contributed by atoms with Gasteiger partial charge >= 0.3 is 0 Å². The third kappa shape index (κ3) is 3.13. The van der Waals surface area contributed by atoms with Crippen molar-refractivity contribution >= 4 is 18.1 Å². The van der Waals surface area contributed by atoms with E-state index in [0.29, 0.717) is 22.7 Å². The number of nitrogen functional groups attached to an aromatic ring is 1. The van der Waals surface area contributed by atoms with Crippen LogP contribution in [0.2, 0.25) is 0 Å². The van der Waals surface area contributed by atoms with E-state index in [0.717, 1.165) is 0 Å². The lowest BCUT2D eigenvalue weighted by Crippen LogP contribution is -1.91. The molecule has 0 amide bonds. The molecule has 0 aliphatic heterocycles. The van der Waals surface area contributed by atoms with Gasteiger partial charge in [0.2, 0.25) is 0 Å². The average molecular weight is 247 g/mol. The molecule has 2 rings (SSSR count). The molecule has 0 spiro atoms. The van der Waals surface area contributed by atoms with E-state index in [1.807, 2.05) is 12.1 Å². The molecule has 0 unspecified atom stereocenters. The lowest BCUT2D eigenvalue weighted by atomic mass is 10.2. The van der Waals surface area contributed by atoms with Crippen LogP contribution in [0.15, 0.2) is 48.5 Å². The number of para-hydroxylation sites is 2. The Morgan fingerprint density at radius 2 is 1.82 bits per heavy atom. The number of hydrogen-bond acceptors (Lipinski definition) is 3. The van der Waals surface area contributed by atoms with E-state index in [9.17, 15) is 0 Å². The summed E-state index contributed by atoms with van der Waals surface area (Å²) in [5, 5.41) is 8.75. The molecule has 0 heterocycles. The lowest BCUT2D eigenvalue weighted by molar-refractivity contribution is 0.485. The minimum atomic E-state index is 0. The van der Waals surface area contributed by atoms with Crippen LogP contribution in [-0.2, 0) is 0 Å². The predicted octanol–water partition coefficient (Wildman–Crippen LogP) is 3.35. The lowest BCUT2D eigenvalue weighted by Gasteiger charge is -2.07. The molecule has 2 N–H and O–H groups in total. The highest BCUT2D eigenvalue weighted by Crippen LogP contribution is 2.26. The maximum atomic E-state index is 8.75. The molecule has 0 saturated carbocycles. The summed E-state index contributed by atoms with van der Waals surface area (Å²) in [5.41, 5.74) is 6.88. The molecule has 0 saturated heterocycles. The predicted molar refractivity (Wildman–Crippen MR) is 69.3 cm³/mol. The van der Waals surface area contributed by atoms with Crippen LogP contribution in [0.5, 0.6) is 11.5 Å². The fourth-order valence-corrected chi connectivity index (χ4v) is 1.33. The van der Waals surface area contributed by atoms with Crippen molar-refractivity contribution in [2.24, 2.45) is 0 Å². The van der Waals surface area contributed by atoms with Gasteiger partial charge in [-0.25, -0.2) is 0 Å². The Kier molecular flexibility index (Phi) is 4.38. The average Bonchev–Trinajstić information content (AvgIpc) is 2.32. The number of benzene rings is 2. The first-order valence-electron chi connectivity index (χ1n) is 4.82. The van der Waals surface area contributed by atoms with Gasteiger partial charge in [-0.2, -0.15) is 5.26 Å². The fraction of sp³-hybridized carbons (Fsp3) is 0. The summed E-state index contributed by atoms with van der Waals surface area (Å²) in [6, 6.07) is 16.3. The molecule has 4 heteroatoms. The number of halogens is 1. The maximum Gasteiger partial charge on any atom is 0.150 e. The summed E-state index contributed by atoms with van der Waals surface area (Å²) in [6.07, 6.45) is 0. The second-order valence-corrected chi connectivity index (χ2v) is 3.28. The zero-order valence-electron chi connectivity index (χ0n) is 8.96. The van der Waals surface area contributed by atoms with Crippen LogP contribution in [0.4, 0.5) is 5.69 Å². The van der Waals surface area contributed by atoms with Crippen molar-refractivity contribution in [3.05, 3.63) is 54.1 Å². The number of anilines is 1. The monoisotopic (exact) mass is 246 g/mol.